The highest BCUT2D eigenvalue weighted by atomic mass is 16.4. The molecular weight excluding hydrogens is 478 g/mol. The molecule has 1 aromatic heterocycles. The van der Waals surface area contributed by atoms with Crippen molar-refractivity contribution in [3.63, 3.8) is 0 Å². The summed E-state index contributed by atoms with van der Waals surface area (Å²) in [7, 11) is 1.97. The average Bonchev–Trinajstić information content (AvgIpc) is 3.83. The molecule has 194 valence electrons. The van der Waals surface area contributed by atoms with Crippen LogP contribution in [-0.2, 0) is 17.9 Å². The number of carbonyl (C=O) groups is 2. The Bertz CT molecular complexity index is 1440. The number of amides is 1. The van der Waals surface area contributed by atoms with Gasteiger partial charge in [0.05, 0.1) is 24.3 Å². The minimum atomic E-state index is -0.715. The van der Waals surface area contributed by atoms with E-state index in [4.69, 9.17) is 0 Å². The third-order valence-electron chi connectivity index (χ3n) is 8.71. The lowest BCUT2D eigenvalue weighted by Crippen LogP contribution is -2.41. The second-order valence-corrected chi connectivity index (χ2v) is 11.1. The molecule has 0 spiro atoms. The molecule has 1 heterocycles. The summed E-state index contributed by atoms with van der Waals surface area (Å²) in [5.74, 6) is -0.849. The van der Waals surface area contributed by atoms with Crippen LogP contribution in [0, 0.1) is 10.8 Å². The summed E-state index contributed by atoms with van der Waals surface area (Å²) in [6.45, 7) is 0.607. The molecule has 7 heteroatoms. The molecule has 3 aliphatic rings. The average molecular weight is 510 g/mol. The van der Waals surface area contributed by atoms with Crippen LogP contribution in [0.2, 0.25) is 0 Å². The SMILES string of the molecule is CN(/C=C\c1cccc(C(=O)NC2(C34CC3(C(=O)O)C4)CC2)c1)Cc1ccc(-c2ccccc2CO)cn1. The summed E-state index contributed by atoms with van der Waals surface area (Å²) in [6, 6.07) is 19.3. The number of pyridine rings is 1. The fourth-order valence-electron chi connectivity index (χ4n) is 6.10. The summed E-state index contributed by atoms with van der Waals surface area (Å²) in [5.41, 5.74) is 4.11. The molecule has 6 rings (SSSR count). The third-order valence-corrected chi connectivity index (χ3v) is 8.71. The van der Waals surface area contributed by atoms with E-state index < -0.39 is 11.4 Å². The number of carboxylic acid groups (broad SMARTS) is 1. The Morgan fingerprint density at radius 3 is 2.53 bits per heavy atom. The molecule has 38 heavy (non-hydrogen) atoms. The fourth-order valence-corrected chi connectivity index (χ4v) is 6.10. The Hall–Kier alpha value is -3.97. The Labute approximate surface area is 221 Å². The first kappa shape index (κ1) is 24.4. The van der Waals surface area contributed by atoms with E-state index in [2.05, 4.69) is 10.3 Å². The molecule has 0 saturated heterocycles. The number of nitrogens with zero attached hydrogens (tertiary/aromatic N) is 2. The Morgan fingerprint density at radius 2 is 1.87 bits per heavy atom. The zero-order chi connectivity index (χ0) is 26.5. The zero-order valence-corrected chi connectivity index (χ0v) is 21.4. The molecule has 2 aromatic carbocycles. The van der Waals surface area contributed by atoms with Gasteiger partial charge in [-0.1, -0.05) is 42.5 Å². The maximum atomic E-state index is 13.1. The Kier molecular flexibility index (Phi) is 5.65. The van der Waals surface area contributed by atoms with Crippen molar-refractivity contribution in [2.24, 2.45) is 10.8 Å². The van der Waals surface area contributed by atoms with Crippen molar-refractivity contribution in [2.75, 3.05) is 7.05 Å². The summed E-state index contributed by atoms with van der Waals surface area (Å²) in [6.07, 6.45) is 8.87. The first-order valence-electron chi connectivity index (χ1n) is 13.0. The van der Waals surface area contributed by atoms with Crippen molar-refractivity contribution in [1.82, 2.24) is 15.2 Å². The van der Waals surface area contributed by atoms with Crippen molar-refractivity contribution in [2.45, 2.75) is 44.4 Å². The van der Waals surface area contributed by atoms with Crippen LogP contribution in [0.4, 0.5) is 0 Å². The van der Waals surface area contributed by atoms with E-state index in [9.17, 15) is 19.8 Å². The van der Waals surface area contributed by atoms with Gasteiger partial charge in [-0.3, -0.25) is 14.6 Å². The number of rotatable bonds is 10. The number of hydrogen-bond acceptors (Lipinski definition) is 5. The van der Waals surface area contributed by atoms with Gasteiger partial charge in [-0.15, -0.1) is 0 Å². The minimum absolute atomic E-state index is 0.0125. The topological polar surface area (TPSA) is 103 Å². The molecule has 0 bridgehead atoms. The number of fused-ring (bicyclic) bond motifs is 1. The number of aliphatic hydroxyl groups excluding tert-OH is 1. The van der Waals surface area contributed by atoms with Crippen molar-refractivity contribution < 1.29 is 19.8 Å². The lowest BCUT2D eigenvalue weighted by atomic mass is 10.0. The highest BCUT2D eigenvalue weighted by Crippen LogP contribution is 2.93. The minimum Gasteiger partial charge on any atom is -0.481 e. The number of aromatic nitrogens is 1. The fraction of sp³-hybridized carbons (Fsp3) is 0.323. The second-order valence-electron chi connectivity index (χ2n) is 11.1. The smallest absolute Gasteiger partial charge is 0.310 e. The van der Waals surface area contributed by atoms with Crippen LogP contribution in [-0.4, -0.2) is 44.6 Å². The summed E-state index contributed by atoms with van der Waals surface area (Å²) >= 11 is 0. The maximum absolute atomic E-state index is 13.1. The molecule has 3 aromatic rings. The molecule has 3 N–H and O–H groups in total. The second kappa shape index (κ2) is 8.81. The van der Waals surface area contributed by atoms with Crippen molar-refractivity contribution in [1.29, 1.82) is 0 Å². The Morgan fingerprint density at radius 1 is 1.08 bits per heavy atom. The predicted octanol–water partition coefficient (Wildman–Crippen LogP) is 4.47. The van der Waals surface area contributed by atoms with E-state index in [1.165, 1.54) is 0 Å². The van der Waals surface area contributed by atoms with Crippen LogP contribution < -0.4 is 5.32 Å². The van der Waals surface area contributed by atoms with Crippen LogP contribution in [0.5, 0.6) is 0 Å². The molecular formula is C31H31N3O4. The number of nitrogens with one attached hydrogen (secondary N) is 1. The maximum Gasteiger partial charge on any atom is 0.310 e. The number of carbonyl (C=O) groups excluding carboxylic acids is 1. The van der Waals surface area contributed by atoms with Crippen LogP contribution in [0.25, 0.3) is 17.2 Å². The van der Waals surface area contributed by atoms with Gasteiger partial charge in [0.15, 0.2) is 0 Å². The first-order chi connectivity index (χ1) is 18.3. The highest BCUT2D eigenvalue weighted by Gasteiger charge is 2.95. The van der Waals surface area contributed by atoms with Gasteiger partial charge < -0.3 is 20.4 Å². The van der Waals surface area contributed by atoms with E-state index >= 15 is 0 Å². The molecule has 0 radical (unpaired) electrons. The van der Waals surface area contributed by atoms with E-state index in [-0.39, 0.29) is 23.5 Å². The number of benzene rings is 2. The van der Waals surface area contributed by atoms with Crippen molar-refractivity contribution >= 4 is 18.0 Å². The van der Waals surface area contributed by atoms with Gasteiger partial charge in [0.2, 0.25) is 0 Å². The molecule has 0 aliphatic heterocycles. The number of aliphatic carboxylic acids is 1. The van der Waals surface area contributed by atoms with Crippen LogP contribution in [0.1, 0.15) is 52.9 Å². The third kappa shape index (κ3) is 3.98. The van der Waals surface area contributed by atoms with E-state index in [0.29, 0.717) is 24.9 Å². The largest absolute Gasteiger partial charge is 0.481 e. The van der Waals surface area contributed by atoms with E-state index in [0.717, 1.165) is 40.8 Å². The molecule has 0 atom stereocenters. The molecule has 1 amide bonds. The molecule has 7 nitrogen and oxygen atoms in total. The zero-order valence-electron chi connectivity index (χ0n) is 21.4. The lowest BCUT2D eigenvalue weighted by Gasteiger charge is -2.20. The van der Waals surface area contributed by atoms with Crippen LogP contribution in [0.15, 0.2) is 73.1 Å². The van der Waals surface area contributed by atoms with Gasteiger partial charge in [0.1, 0.15) is 0 Å². The van der Waals surface area contributed by atoms with E-state index in [1.807, 2.05) is 85.0 Å². The summed E-state index contributed by atoms with van der Waals surface area (Å²) in [4.78, 5) is 31.3. The van der Waals surface area contributed by atoms with Gasteiger partial charge in [-0.2, -0.15) is 0 Å². The molecule has 3 saturated carbocycles. The van der Waals surface area contributed by atoms with Crippen molar-refractivity contribution in [3.8, 4) is 11.1 Å². The van der Waals surface area contributed by atoms with Crippen LogP contribution >= 0.6 is 0 Å². The highest BCUT2D eigenvalue weighted by molar-refractivity contribution is 5.96. The van der Waals surface area contributed by atoms with E-state index in [1.54, 1.807) is 6.07 Å². The van der Waals surface area contributed by atoms with Crippen LogP contribution in [0.3, 0.4) is 0 Å². The van der Waals surface area contributed by atoms with Gasteiger partial charge in [-0.25, -0.2) is 0 Å². The normalized spacial score (nSPS) is 23.9. The standard InChI is InChI=1S/C31H31N3O4/c1-34(17-25-10-9-23(16-32-25)26-8-3-2-6-24(26)18-35)14-11-21-5-4-7-22(15-21)27(36)33-31(12-13-31)30-19-29(30,20-30)28(37)38/h2-11,14-16,35H,12-13,17-20H2,1H3,(H,33,36)(H,37,38)/b14-11-. The summed E-state index contributed by atoms with van der Waals surface area (Å²) in [5, 5.41) is 22.3. The van der Waals surface area contributed by atoms with Gasteiger partial charge in [-0.05, 0) is 72.8 Å². The molecule has 3 aliphatic carbocycles. The Balaban J connectivity index is 1.07. The van der Waals surface area contributed by atoms with Gasteiger partial charge in [0, 0.05) is 35.3 Å². The monoisotopic (exact) mass is 509 g/mol. The first-order valence-corrected chi connectivity index (χ1v) is 13.0. The number of aliphatic hydroxyl groups is 1. The quantitative estimate of drug-likeness (QED) is 0.373. The summed E-state index contributed by atoms with van der Waals surface area (Å²) < 4.78 is 0. The van der Waals surface area contributed by atoms with Crippen molar-refractivity contribution in [3.05, 3.63) is 95.4 Å². The molecule has 0 unspecified atom stereocenters. The van der Waals surface area contributed by atoms with Gasteiger partial charge >= 0.3 is 5.97 Å². The number of hydrogen-bond donors (Lipinski definition) is 3. The number of carboxylic acids is 1. The predicted molar refractivity (Wildman–Crippen MR) is 144 cm³/mol. The van der Waals surface area contributed by atoms with Gasteiger partial charge in [0.25, 0.3) is 5.91 Å². The molecule has 3 fully saturated rings. The lowest BCUT2D eigenvalue weighted by molar-refractivity contribution is -0.141.